The molecule has 0 aliphatic carbocycles. The van der Waals surface area contributed by atoms with Gasteiger partial charge < -0.3 is 29.6 Å². The largest absolute Gasteiger partial charge is 0.489 e. The second-order valence-corrected chi connectivity index (χ2v) is 13.7. The summed E-state index contributed by atoms with van der Waals surface area (Å²) in [6, 6.07) is 32.8. The molecule has 0 aromatic heterocycles. The van der Waals surface area contributed by atoms with Crippen molar-refractivity contribution in [3.63, 3.8) is 0 Å². The van der Waals surface area contributed by atoms with Gasteiger partial charge in [0.2, 0.25) is 5.91 Å². The van der Waals surface area contributed by atoms with E-state index in [-0.39, 0.29) is 18.4 Å². The summed E-state index contributed by atoms with van der Waals surface area (Å²) in [4.78, 5) is 26.3. The standard InChI is InChI=1S/C42H35Cl2N3O6/c1-50-42(49)37(17-25-2-7-28(8-3-25)29-9-4-26(21-45)5-10-29)47-41(48)36-18-31-19-38-39(20-32(31)22-46-36)53-40(24-52-38)30-11-13-33(14-12-30)51-23-27-6-15-34(43)35(44)16-27/h2-16,19-20,36-37,40,46H,17-18,22-24H2,1H3,(H,47,48)/t36-,37-,40-/m0/s1. The number of fused-ring (bicyclic) bond motifs is 2. The summed E-state index contributed by atoms with van der Waals surface area (Å²) in [5.41, 5.74) is 7.27. The topological polar surface area (TPSA) is 119 Å². The van der Waals surface area contributed by atoms with Crippen LogP contribution >= 0.6 is 23.2 Å². The third kappa shape index (κ3) is 8.42. The number of nitriles is 1. The second kappa shape index (κ2) is 16.0. The molecule has 0 radical (unpaired) electrons. The van der Waals surface area contributed by atoms with Gasteiger partial charge in [-0.3, -0.25) is 4.79 Å². The Morgan fingerprint density at radius 1 is 0.887 bits per heavy atom. The lowest BCUT2D eigenvalue weighted by Gasteiger charge is -2.31. The zero-order valence-corrected chi connectivity index (χ0v) is 30.2. The summed E-state index contributed by atoms with van der Waals surface area (Å²) in [6.45, 7) is 1.13. The van der Waals surface area contributed by atoms with E-state index in [2.05, 4.69) is 16.7 Å². The summed E-state index contributed by atoms with van der Waals surface area (Å²) >= 11 is 12.1. The Morgan fingerprint density at radius 3 is 2.28 bits per heavy atom. The van der Waals surface area contributed by atoms with Crippen molar-refractivity contribution in [2.75, 3.05) is 13.7 Å². The number of carbonyl (C=O) groups excluding carboxylic acids is 2. The van der Waals surface area contributed by atoms with Crippen molar-refractivity contribution in [2.24, 2.45) is 0 Å². The molecule has 0 unspecified atom stereocenters. The first-order valence-electron chi connectivity index (χ1n) is 17.1. The molecule has 0 fully saturated rings. The number of nitrogens with one attached hydrogen (secondary N) is 2. The molecule has 5 aromatic rings. The molecule has 0 spiro atoms. The monoisotopic (exact) mass is 747 g/mol. The van der Waals surface area contributed by atoms with E-state index in [9.17, 15) is 9.59 Å². The fourth-order valence-electron chi connectivity index (χ4n) is 6.42. The highest BCUT2D eigenvalue weighted by molar-refractivity contribution is 6.42. The lowest BCUT2D eigenvalue weighted by molar-refractivity contribution is -0.145. The lowest BCUT2D eigenvalue weighted by atomic mass is 9.94. The van der Waals surface area contributed by atoms with Crippen molar-refractivity contribution in [3.8, 4) is 34.4 Å². The van der Waals surface area contributed by atoms with Crippen molar-refractivity contribution < 1.29 is 28.5 Å². The number of halogens is 2. The fourth-order valence-corrected chi connectivity index (χ4v) is 6.74. The van der Waals surface area contributed by atoms with Gasteiger partial charge >= 0.3 is 5.97 Å². The van der Waals surface area contributed by atoms with E-state index in [0.717, 1.165) is 38.9 Å². The minimum Gasteiger partial charge on any atom is -0.489 e. The highest BCUT2D eigenvalue weighted by Gasteiger charge is 2.31. The summed E-state index contributed by atoms with van der Waals surface area (Å²) in [7, 11) is 1.31. The average Bonchev–Trinajstić information content (AvgIpc) is 3.20. The maximum atomic E-state index is 13.5. The van der Waals surface area contributed by atoms with Gasteiger partial charge in [-0.15, -0.1) is 0 Å². The quantitative estimate of drug-likeness (QED) is 0.141. The van der Waals surface area contributed by atoms with E-state index in [1.165, 1.54) is 7.11 Å². The summed E-state index contributed by atoms with van der Waals surface area (Å²) in [5, 5.41) is 16.3. The normalized spacial score (nSPS) is 16.4. The first kappa shape index (κ1) is 35.9. The third-order valence-electron chi connectivity index (χ3n) is 9.39. The van der Waals surface area contributed by atoms with Crippen molar-refractivity contribution in [3.05, 3.63) is 147 Å². The highest BCUT2D eigenvalue weighted by Crippen LogP contribution is 2.40. The minimum atomic E-state index is -0.864. The Kier molecular flexibility index (Phi) is 10.8. The van der Waals surface area contributed by atoms with Crippen LogP contribution < -0.4 is 24.8 Å². The van der Waals surface area contributed by atoms with Gasteiger partial charge in [0.15, 0.2) is 17.6 Å². The van der Waals surface area contributed by atoms with Crippen molar-refractivity contribution in [1.82, 2.24) is 10.6 Å². The molecule has 2 aliphatic rings. The molecule has 0 bridgehead atoms. The number of rotatable bonds is 10. The first-order chi connectivity index (χ1) is 25.8. The van der Waals surface area contributed by atoms with E-state index in [1.807, 2.05) is 78.9 Å². The predicted molar refractivity (Wildman–Crippen MR) is 201 cm³/mol. The summed E-state index contributed by atoms with van der Waals surface area (Å²) < 4.78 is 23.5. The number of carbonyl (C=O) groups is 2. The molecule has 9 nitrogen and oxygen atoms in total. The molecule has 7 rings (SSSR count). The number of esters is 1. The van der Waals surface area contributed by atoms with E-state index in [0.29, 0.717) is 59.0 Å². The molecule has 11 heteroatoms. The lowest BCUT2D eigenvalue weighted by Crippen LogP contribution is -2.53. The van der Waals surface area contributed by atoms with Crippen molar-refractivity contribution in [2.45, 2.75) is 44.2 Å². The Bertz CT molecular complexity index is 2170. The maximum Gasteiger partial charge on any atom is 0.328 e. The van der Waals surface area contributed by atoms with Gasteiger partial charge in [0.05, 0.1) is 34.8 Å². The summed E-state index contributed by atoms with van der Waals surface area (Å²) in [5.74, 6) is 1.16. The molecular weight excluding hydrogens is 713 g/mol. The Morgan fingerprint density at radius 2 is 1.58 bits per heavy atom. The van der Waals surface area contributed by atoms with Crippen LogP contribution in [-0.4, -0.2) is 37.7 Å². The van der Waals surface area contributed by atoms with E-state index >= 15 is 0 Å². The van der Waals surface area contributed by atoms with Gasteiger partial charge in [-0.2, -0.15) is 5.26 Å². The van der Waals surface area contributed by atoms with Gasteiger partial charge in [-0.1, -0.05) is 77.8 Å². The van der Waals surface area contributed by atoms with E-state index < -0.39 is 18.1 Å². The molecular formula is C42H35Cl2N3O6. The zero-order chi connectivity index (χ0) is 36.9. The van der Waals surface area contributed by atoms with Gasteiger partial charge in [0.25, 0.3) is 0 Å². The number of benzene rings is 5. The van der Waals surface area contributed by atoms with E-state index in [4.69, 9.17) is 47.4 Å². The molecule has 2 N–H and O–H groups in total. The number of hydrogen-bond acceptors (Lipinski definition) is 8. The number of methoxy groups -OCH3 is 1. The van der Waals surface area contributed by atoms with Crippen LogP contribution in [0.3, 0.4) is 0 Å². The molecule has 53 heavy (non-hydrogen) atoms. The fraction of sp³-hybridized carbons (Fsp3) is 0.214. The van der Waals surface area contributed by atoms with Crippen molar-refractivity contribution >= 4 is 35.1 Å². The molecule has 2 aliphatic heterocycles. The SMILES string of the molecule is COC(=O)[C@H](Cc1ccc(-c2ccc(C#N)cc2)cc1)NC(=O)[C@@H]1Cc2cc3c(cc2CN1)O[C@H](c1ccc(OCc2ccc(Cl)c(Cl)c2)cc1)CO3. The summed E-state index contributed by atoms with van der Waals surface area (Å²) in [6.07, 6.45) is 0.379. The van der Waals surface area contributed by atoms with Gasteiger partial charge in [-0.05, 0) is 93.9 Å². The molecule has 268 valence electrons. The number of hydrogen-bond donors (Lipinski definition) is 2. The average molecular weight is 749 g/mol. The first-order valence-corrected chi connectivity index (χ1v) is 17.8. The van der Waals surface area contributed by atoms with Gasteiger partial charge in [-0.25, -0.2) is 4.79 Å². The van der Waals surface area contributed by atoms with Gasteiger partial charge in [0.1, 0.15) is 25.0 Å². The van der Waals surface area contributed by atoms with Crippen LogP contribution in [0, 0.1) is 11.3 Å². The Balaban J connectivity index is 0.949. The molecule has 3 atom stereocenters. The molecule has 2 heterocycles. The van der Waals surface area contributed by atoms with Crippen LogP contribution in [0.2, 0.25) is 10.0 Å². The molecule has 0 saturated carbocycles. The number of amides is 1. The molecule has 5 aromatic carbocycles. The van der Waals surface area contributed by atoms with Crippen LogP contribution in [0.5, 0.6) is 17.2 Å². The minimum absolute atomic E-state index is 0.268. The number of nitrogens with zero attached hydrogens (tertiary/aromatic N) is 1. The van der Waals surface area contributed by atoms with E-state index in [1.54, 1.807) is 24.3 Å². The maximum absolute atomic E-state index is 13.5. The highest BCUT2D eigenvalue weighted by atomic mass is 35.5. The van der Waals surface area contributed by atoms with Crippen LogP contribution in [0.25, 0.3) is 11.1 Å². The second-order valence-electron chi connectivity index (χ2n) is 12.9. The molecule has 0 saturated heterocycles. The van der Waals surface area contributed by atoms with Crippen LogP contribution in [0.1, 0.15) is 39.5 Å². The third-order valence-corrected chi connectivity index (χ3v) is 10.1. The number of ether oxygens (including phenoxy) is 4. The zero-order valence-electron chi connectivity index (χ0n) is 28.7. The smallest absolute Gasteiger partial charge is 0.328 e. The predicted octanol–water partition coefficient (Wildman–Crippen LogP) is 7.54. The van der Waals surface area contributed by atoms with Crippen molar-refractivity contribution in [1.29, 1.82) is 5.26 Å². The van der Waals surface area contributed by atoms with Crippen LogP contribution in [0.15, 0.2) is 103 Å². The molecule has 1 amide bonds. The Hall–Kier alpha value is -5.53. The van der Waals surface area contributed by atoms with Crippen LogP contribution in [0.4, 0.5) is 0 Å². The van der Waals surface area contributed by atoms with Gasteiger partial charge in [0, 0.05) is 13.0 Å². The Labute approximate surface area is 317 Å². The van der Waals surface area contributed by atoms with Crippen LogP contribution in [-0.2, 0) is 40.3 Å².